The lowest BCUT2D eigenvalue weighted by molar-refractivity contribution is -0.139. The Kier molecular flexibility index (Phi) is 6.17. The number of rotatable bonds is 6. The fourth-order valence-electron chi connectivity index (χ4n) is 1.56. The van der Waals surface area contributed by atoms with E-state index in [0.717, 1.165) is 0 Å². The van der Waals surface area contributed by atoms with Crippen molar-refractivity contribution in [1.82, 2.24) is 5.32 Å². The third-order valence-electron chi connectivity index (χ3n) is 2.73. The van der Waals surface area contributed by atoms with E-state index in [9.17, 15) is 14.7 Å². The number of anilines is 1. The van der Waals surface area contributed by atoms with Gasteiger partial charge >= 0.3 is 12.0 Å². The Hall–Kier alpha value is -1.89. The van der Waals surface area contributed by atoms with Crippen molar-refractivity contribution in [2.45, 2.75) is 12.5 Å². The molecule has 0 aliphatic heterocycles. The van der Waals surface area contributed by atoms with Crippen molar-refractivity contribution in [3.8, 4) is 5.75 Å². The number of carbonyl (C=O) groups excluding carboxylic acids is 1. The van der Waals surface area contributed by atoms with Gasteiger partial charge in [-0.25, -0.2) is 9.59 Å². The van der Waals surface area contributed by atoms with E-state index in [-0.39, 0.29) is 5.75 Å². The zero-order valence-corrected chi connectivity index (χ0v) is 12.2. The van der Waals surface area contributed by atoms with Gasteiger partial charge in [-0.3, -0.25) is 4.90 Å². The van der Waals surface area contributed by atoms with Crippen LogP contribution in [0.4, 0.5) is 10.5 Å². The van der Waals surface area contributed by atoms with Gasteiger partial charge < -0.3 is 15.5 Å². The third kappa shape index (κ3) is 4.65. The number of aliphatic carboxylic acids is 1. The summed E-state index contributed by atoms with van der Waals surface area (Å²) < 4.78 is 0. The average molecular weight is 298 g/mol. The molecule has 0 aliphatic carbocycles. The number of thioether (sulfide) groups is 1. The predicted molar refractivity (Wildman–Crippen MR) is 79.5 cm³/mol. The van der Waals surface area contributed by atoms with E-state index in [1.807, 2.05) is 6.26 Å². The van der Waals surface area contributed by atoms with Crippen LogP contribution in [0.25, 0.3) is 0 Å². The van der Waals surface area contributed by atoms with Gasteiger partial charge in [-0.15, -0.1) is 0 Å². The van der Waals surface area contributed by atoms with Crippen molar-refractivity contribution >= 4 is 29.4 Å². The van der Waals surface area contributed by atoms with Crippen molar-refractivity contribution in [3.05, 3.63) is 24.3 Å². The maximum Gasteiger partial charge on any atom is 0.326 e. The molecule has 2 amide bonds. The number of hydrogen-bond donors (Lipinski definition) is 3. The highest BCUT2D eigenvalue weighted by atomic mass is 32.2. The number of carboxylic acid groups (broad SMARTS) is 1. The van der Waals surface area contributed by atoms with E-state index in [1.165, 1.54) is 35.8 Å². The van der Waals surface area contributed by atoms with Gasteiger partial charge in [0.1, 0.15) is 11.8 Å². The van der Waals surface area contributed by atoms with Crippen molar-refractivity contribution in [2.75, 3.05) is 24.0 Å². The number of hydrogen-bond acceptors (Lipinski definition) is 4. The van der Waals surface area contributed by atoms with E-state index >= 15 is 0 Å². The summed E-state index contributed by atoms with van der Waals surface area (Å²) in [4.78, 5) is 24.3. The summed E-state index contributed by atoms with van der Waals surface area (Å²) >= 11 is 1.52. The van der Waals surface area contributed by atoms with Gasteiger partial charge in [0, 0.05) is 18.8 Å². The molecule has 0 aliphatic rings. The largest absolute Gasteiger partial charge is 0.508 e. The molecule has 20 heavy (non-hydrogen) atoms. The van der Waals surface area contributed by atoms with Crippen LogP contribution in [0, 0.1) is 0 Å². The first kappa shape index (κ1) is 16.2. The summed E-state index contributed by atoms with van der Waals surface area (Å²) in [5, 5.41) is 20.9. The highest BCUT2D eigenvalue weighted by Crippen LogP contribution is 2.18. The number of carbonyl (C=O) groups is 2. The van der Waals surface area contributed by atoms with Gasteiger partial charge in [0.25, 0.3) is 0 Å². The van der Waals surface area contributed by atoms with Crippen LogP contribution in [-0.2, 0) is 4.79 Å². The second kappa shape index (κ2) is 7.64. The minimum atomic E-state index is -1.06. The van der Waals surface area contributed by atoms with Crippen LogP contribution in [0.3, 0.4) is 0 Å². The first-order chi connectivity index (χ1) is 9.45. The Morgan fingerprint density at radius 3 is 2.70 bits per heavy atom. The second-order valence-electron chi connectivity index (χ2n) is 4.20. The number of amides is 2. The highest BCUT2D eigenvalue weighted by Gasteiger charge is 2.21. The molecule has 1 aromatic carbocycles. The van der Waals surface area contributed by atoms with E-state index in [2.05, 4.69) is 5.32 Å². The standard InChI is InChI=1S/C13H18N2O4S/c1-15(9-4-3-5-10(16)8-9)13(19)14-11(12(17)18)6-7-20-2/h3-5,8,11,16H,6-7H2,1-2H3,(H,14,19)(H,17,18). The lowest BCUT2D eigenvalue weighted by Crippen LogP contribution is -2.47. The quantitative estimate of drug-likeness (QED) is 0.744. The number of phenolic OH excluding ortho intramolecular Hbond substituents is 1. The maximum absolute atomic E-state index is 12.0. The molecule has 7 heteroatoms. The molecule has 1 atom stereocenters. The van der Waals surface area contributed by atoms with Crippen molar-refractivity contribution in [2.24, 2.45) is 0 Å². The second-order valence-corrected chi connectivity index (χ2v) is 5.19. The van der Waals surface area contributed by atoms with Crippen LogP contribution >= 0.6 is 11.8 Å². The number of phenols is 1. The van der Waals surface area contributed by atoms with Crippen LogP contribution in [0.15, 0.2) is 24.3 Å². The molecule has 0 aromatic heterocycles. The molecule has 0 spiro atoms. The van der Waals surface area contributed by atoms with Crippen LogP contribution in [-0.4, -0.2) is 47.3 Å². The number of urea groups is 1. The molecule has 0 radical (unpaired) electrons. The van der Waals surface area contributed by atoms with E-state index in [4.69, 9.17) is 5.11 Å². The molecule has 1 unspecified atom stereocenters. The van der Waals surface area contributed by atoms with Gasteiger partial charge in [-0.1, -0.05) is 6.07 Å². The monoisotopic (exact) mass is 298 g/mol. The summed E-state index contributed by atoms with van der Waals surface area (Å²) in [6.07, 6.45) is 2.23. The van der Waals surface area contributed by atoms with Gasteiger partial charge in [-0.2, -0.15) is 11.8 Å². The summed E-state index contributed by atoms with van der Waals surface area (Å²) in [5.41, 5.74) is 0.483. The number of benzene rings is 1. The fourth-order valence-corrected chi connectivity index (χ4v) is 2.03. The van der Waals surface area contributed by atoms with Crippen LogP contribution in [0.2, 0.25) is 0 Å². The zero-order chi connectivity index (χ0) is 15.1. The molecule has 110 valence electrons. The Morgan fingerprint density at radius 1 is 1.45 bits per heavy atom. The van der Waals surface area contributed by atoms with Gasteiger partial charge in [0.15, 0.2) is 0 Å². The minimum absolute atomic E-state index is 0.0410. The molecule has 0 fully saturated rings. The lowest BCUT2D eigenvalue weighted by Gasteiger charge is -2.21. The van der Waals surface area contributed by atoms with Crippen LogP contribution in [0.5, 0.6) is 5.75 Å². The number of nitrogens with zero attached hydrogens (tertiary/aromatic N) is 1. The highest BCUT2D eigenvalue weighted by molar-refractivity contribution is 7.98. The molecule has 0 bridgehead atoms. The van der Waals surface area contributed by atoms with Crippen molar-refractivity contribution in [3.63, 3.8) is 0 Å². The molecular formula is C13H18N2O4S. The normalized spacial score (nSPS) is 11.7. The number of carboxylic acids is 1. The molecule has 0 saturated heterocycles. The molecule has 1 aromatic rings. The summed E-state index contributed by atoms with van der Waals surface area (Å²) in [6.45, 7) is 0. The average Bonchev–Trinajstić information content (AvgIpc) is 2.42. The van der Waals surface area contributed by atoms with Gasteiger partial charge in [0.2, 0.25) is 0 Å². The predicted octanol–water partition coefficient (Wildman–Crippen LogP) is 1.74. The molecule has 0 saturated carbocycles. The van der Waals surface area contributed by atoms with E-state index in [1.54, 1.807) is 12.1 Å². The molecule has 1 rings (SSSR count). The molecule has 0 heterocycles. The first-order valence-electron chi connectivity index (χ1n) is 6.00. The Balaban J connectivity index is 2.70. The minimum Gasteiger partial charge on any atom is -0.508 e. The first-order valence-corrected chi connectivity index (χ1v) is 7.40. The third-order valence-corrected chi connectivity index (χ3v) is 3.37. The SMILES string of the molecule is CSCCC(NC(=O)N(C)c1cccc(O)c1)C(=O)O. The van der Waals surface area contributed by atoms with Crippen molar-refractivity contribution in [1.29, 1.82) is 0 Å². The lowest BCUT2D eigenvalue weighted by atomic mass is 10.2. The topological polar surface area (TPSA) is 89.9 Å². The fraction of sp³-hybridized carbons (Fsp3) is 0.385. The maximum atomic E-state index is 12.0. The van der Waals surface area contributed by atoms with Gasteiger partial charge in [-0.05, 0) is 30.6 Å². The van der Waals surface area contributed by atoms with Gasteiger partial charge in [0.05, 0.1) is 0 Å². The Bertz CT molecular complexity index is 481. The number of nitrogens with one attached hydrogen (secondary N) is 1. The smallest absolute Gasteiger partial charge is 0.326 e. The van der Waals surface area contributed by atoms with E-state index < -0.39 is 18.0 Å². The zero-order valence-electron chi connectivity index (χ0n) is 11.4. The Labute approximate surface area is 121 Å². The molecular weight excluding hydrogens is 280 g/mol. The summed E-state index contributed by atoms with van der Waals surface area (Å²) in [7, 11) is 1.51. The summed E-state index contributed by atoms with van der Waals surface area (Å²) in [6, 6.07) is 4.73. The summed E-state index contributed by atoms with van der Waals surface area (Å²) in [5.74, 6) is -0.372. The Morgan fingerprint density at radius 2 is 2.15 bits per heavy atom. The molecule has 6 nitrogen and oxygen atoms in total. The van der Waals surface area contributed by atoms with Crippen molar-refractivity contribution < 1.29 is 19.8 Å². The van der Waals surface area contributed by atoms with Crippen LogP contribution < -0.4 is 10.2 Å². The van der Waals surface area contributed by atoms with E-state index in [0.29, 0.717) is 17.9 Å². The molecule has 3 N–H and O–H groups in total. The number of aromatic hydroxyl groups is 1. The van der Waals surface area contributed by atoms with Crippen LogP contribution in [0.1, 0.15) is 6.42 Å².